The second-order valence-electron chi connectivity index (χ2n) is 4.58. The van der Waals surface area contributed by atoms with Crippen LogP contribution < -0.4 is 0 Å². The molecule has 1 aliphatic rings. The SMILES string of the molecule is CC(C)OC(=O)N1Cc2ccc(C(=O)O)cc2C1. The Kier molecular flexibility index (Phi) is 3.23. The fourth-order valence-electron chi connectivity index (χ4n) is 1.93. The maximum Gasteiger partial charge on any atom is 0.410 e. The number of benzene rings is 1. The highest BCUT2D eigenvalue weighted by Gasteiger charge is 2.25. The molecule has 0 saturated heterocycles. The van der Waals surface area contributed by atoms with Gasteiger partial charge in [0.1, 0.15) is 0 Å². The van der Waals surface area contributed by atoms with Crippen LogP contribution in [0.5, 0.6) is 0 Å². The Hall–Kier alpha value is -2.04. The molecule has 1 aromatic rings. The van der Waals surface area contributed by atoms with E-state index in [4.69, 9.17) is 9.84 Å². The van der Waals surface area contributed by atoms with E-state index in [0.29, 0.717) is 13.1 Å². The zero-order valence-corrected chi connectivity index (χ0v) is 10.3. The molecule has 5 nitrogen and oxygen atoms in total. The Morgan fingerprint density at radius 2 is 1.94 bits per heavy atom. The maximum absolute atomic E-state index is 11.7. The summed E-state index contributed by atoms with van der Waals surface area (Å²) in [5, 5.41) is 8.90. The second kappa shape index (κ2) is 4.68. The van der Waals surface area contributed by atoms with Crippen LogP contribution >= 0.6 is 0 Å². The van der Waals surface area contributed by atoms with E-state index >= 15 is 0 Å². The minimum absolute atomic E-state index is 0.157. The number of carboxylic acids is 1. The van der Waals surface area contributed by atoms with Gasteiger partial charge in [0.2, 0.25) is 0 Å². The molecule has 1 heterocycles. The highest BCUT2D eigenvalue weighted by Crippen LogP contribution is 2.24. The molecule has 96 valence electrons. The molecular formula is C13H15NO4. The van der Waals surface area contributed by atoms with E-state index in [1.807, 2.05) is 0 Å². The highest BCUT2D eigenvalue weighted by molar-refractivity contribution is 5.88. The molecule has 0 unspecified atom stereocenters. The molecule has 5 heteroatoms. The summed E-state index contributed by atoms with van der Waals surface area (Å²) < 4.78 is 5.11. The summed E-state index contributed by atoms with van der Waals surface area (Å²) >= 11 is 0. The monoisotopic (exact) mass is 249 g/mol. The number of aromatic carboxylic acids is 1. The van der Waals surface area contributed by atoms with Crippen molar-refractivity contribution in [3.63, 3.8) is 0 Å². The number of rotatable bonds is 2. The molecule has 0 fully saturated rings. The summed E-state index contributed by atoms with van der Waals surface area (Å²) in [7, 11) is 0. The third-order valence-electron chi connectivity index (χ3n) is 2.77. The van der Waals surface area contributed by atoms with Crippen molar-refractivity contribution in [2.75, 3.05) is 0 Å². The number of amides is 1. The predicted octanol–water partition coefficient (Wildman–Crippen LogP) is 2.25. The topological polar surface area (TPSA) is 66.8 Å². The third kappa shape index (κ3) is 2.45. The summed E-state index contributed by atoms with van der Waals surface area (Å²) in [4.78, 5) is 24.2. The van der Waals surface area contributed by atoms with Crippen LogP contribution in [0.4, 0.5) is 4.79 Å². The zero-order chi connectivity index (χ0) is 13.3. The molecule has 0 aromatic heterocycles. The lowest BCUT2D eigenvalue weighted by Crippen LogP contribution is -2.28. The molecule has 1 amide bonds. The van der Waals surface area contributed by atoms with Crippen molar-refractivity contribution in [3.8, 4) is 0 Å². The molecule has 0 atom stereocenters. The molecule has 18 heavy (non-hydrogen) atoms. The summed E-state index contributed by atoms with van der Waals surface area (Å²) in [5.74, 6) is -0.957. The van der Waals surface area contributed by atoms with Crippen LogP contribution in [0.1, 0.15) is 35.3 Å². The molecule has 0 saturated carbocycles. The number of carbonyl (C=O) groups excluding carboxylic acids is 1. The molecule has 1 aromatic carbocycles. The minimum Gasteiger partial charge on any atom is -0.478 e. The number of fused-ring (bicyclic) bond motifs is 1. The number of carboxylic acid groups (broad SMARTS) is 1. The van der Waals surface area contributed by atoms with Crippen LogP contribution in [0.3, 0.4) is 0 Å². The van der Waals surface area contributed by atoms with Crippen LogP contribution in [0, 0.1) is 0 Å². The van der Waals surface area contributed by atoms with Crippen molar-refractivity contribution in [1.82, 2.24) is 4.90 Å². The number of hydrogen-bond donors (Lipinski definition) is 1. The molecule has 0 spiro atoms. The number of carbonyl (C=O) groups is 2. The van der Waals surface area contributed by atoms with Gasteiger partial charge >= 0.3 is 12.1 Å². The summed E-state index contributed by atoms with van der Waals surface area (Å²) in [6, 6.07) is 4.92. The van der Waals surface area contributed by atoms with Crippen molar-refractivity contribution < 1.29 is 19.4 Å². The van der Waals surface area contributed by atoms with Gasteiger partial charge in [-0.05, 0) is 37.1 Å². The van der Waals surface area contributed by atoms with E-state index in [1.165, 1.54) is 0 Å². The zero-order valence-electron chi connectivity index (χ0n) is 10.3. The summed E-state index contributed by atoms with van der Waals surface area (Å²) in [6.45, 7) is 4.47. The largest absolute Gasteiger partial charge is 0.478 e. The molecule has 2 rings (SSSR count). The lowest BCUT2D eigenvalue weighted by Gasteiger charge is -2.17. The van der Waals surface area contributed by atoms with Gasteiger partial charge in [0.25, 0.3) is 0 Å². The Labute approximate surface area is 105 Å². The Bertz CT molecular complexity index is 496. The summed E-state index contributed by atoms with van der Waals surface area (Å²) in [6.07, 6.45) is -0.520. The highest BCUT2D eigenvalue weighted by atomic mass is 16.6. The molecule has 0 radical (unpaired) electrons. The van der Waals surface area contributed by atoms with Crippen LogP contribution in [0.2, 0.25) is 0 Å². The van der Waals surface area contributed by atoms with Crippen molar-refractivity contribution in [3.05, 3.63) is 34.9 Å². The third-order valence-corrected chi connectivity index (χ3v) is 2.77. The van der Waals surface area contributed by atoms with Crippen LogP contribution in [-0.2, 0) is 17.8 Å². The van der Waals surface area contributed by atoms with Gasteiger partial charge in [0, 0.05) is 13.1 Å². The van der Waals surface area contributed by atoms with Gasteiger partial charge in [-0.25, -0.2) is 9.59 Å². The average Bonchev–Trinajstić information content (AvgIpc) is 2.70. The number of ether oxygens (including phenoxy) is 1. The van der Waals surface area contributed by atoms with Gasteiger partial charge < -0.3 is 9.84 Å². The Morgan fingerprint density at radius 1 is 1.28 bits per heavy atom. The van der Waals surface area contributed by atoms with E-state index in [-0.39, 0.29) is 17.8 Å². The predicted molar refractivity (Wildman–Crippen MR) is 64.3 cm³/mol. The fourth-order valence-corrected chi connectivity index (χ4v) is 1.93. The molecule has 1 aliphatic heterocycles. The Morgan fingerprint density at radius 3 is 2.56 bits per heavy atom. The van der Waals surface area contributed by atoms with Gasteiger partial charge in [-0.1, -0.05) is 6.07 Å². The Balaban J connectivity index is 2.13. The molecular weight excluding hydrogens is 234 g/mol. The first kappa shape index (κ1) is 12.4. The fraction of sp³-hybridized carbons (Fsp3) is 0.385. The number of hydrogen-bond acceptors (Lipinski definition) is 3. The maximum atomic E-state index is 11.7. The van der Waals surface area contributed by atoms with E-state index in [0.717, 1.165) is 11.1 Å². The van der Waals surface area contributed by atoms with Crippen molar-refractivity contribution in [1.29, 1.82) is 0 Å². The first-order chi connectivity index (χ1) is 8.47. The van der Waals surface area contributed by atoms with E-state index in [1.54, 1.807) is 36.9 Å². The quantitative estimate of drug-likeness (QED) is 0.872. The molecule has 0 bridgehead atoms. The van der Waals surface area contributed by atoms with Crippen LogP contribution in [0.15, 0.2) is 18.2 Å². The first-order valence-corrected chi connectivity index (χ1v) is 5.78. The van der Waals surface area contributed by atoms with Crippen LogP contribution in [-0.4, -0.2) is 28.2 Å². The lowest BCUT2D eigenvalue weighted by atomic mass is 10.1. The lowest BCUT2D eigenvalue weighted by molar-refractivity contribution is 0.0696. The number of nitrogens with zero attached hydrogens (tertiary/aromatic N) is 1. The molecule has 0 aliphatic carbocycles. The van der Waals surface area contributed by atoms with Gasteiger partial charge in [-0.15, -0.1) is 0 Å². The molecule has 1 N–H and O–H groups in total. The normalized spacial score (nSPS) is 13.6. The smallest absolute Gasteiger partial charge is 0.410 e. The van der Waals surface area contributed by atoms with E-state index in [2.05, 4.69) is 0 Å². The van der Waals surface area contributed by atoms with Gasteiger partial charge in [-0.2, -0.15) is 0 Å². The second-order valence-corrected chi connectivity index (χ2v) is 4.58. The van der Waals surface area contributed by atoms with Gasteiger partial charge in [-0.3, -0.25) is 4.90 Å². The van der Waals surface area contributed by atoms with Crippen LogP contribution in [0.25, 0.3) is 0 Å². The first-order valence-electron chi connectivity index (χ1n) is 5.78. The van der Waals surface area contributed by atoms with Gasteiger partial charge in [0.05, 0.1) is 11.7 Å². The standard InChI is InChI=1S/C13H15NO4/c1-8(2)18-13(17)14-6-10-4-3-9(12(15)16)5-11(10)7-14/h3-5,8H,6-7H2,1-2H3,(H,15,16). The minimum atomic E-state index is -0.957. The van der Waals surface area contributed by atoms with E-state index in [9.17, 15) is 9.59 Å². The van der Waals surface area contributed by atoms with Crippen molar-refractivity contribution in [2.24, 2.45) is 0 Å². The average molecular weight is 249 g/mol. The van der Waals surface area contributed by atoms with Crippen molar-refractivity contribution >= 4 is 12.1 Å². The van der Waals surface area contributed by atoms with Gasteiger partial charge in [0.15, 0.2) is 0 Å². The van der Waals surface area contributed by atoms with Crippen molar-refractivity contribution in [2.45, 2.75) is 33.0 Å². The van der Waals surface area contributed by atoms with E-state index < -0.39 is 5.97 Å². The summed E-state index contributed by atoms with van der Waals surface area (Å²) in [5.41, 5.74) is 2.09.